The van der Waals surface area contributed by atoms with Gasteiger partial charge in [0.2, 0.25) is 0 Å². The molecule has 0 N–H and O–H groups in total. The molecule has 0 atom stereocenters. The highest BCUT2D eigenvalue weighted by Gasteiger charge is 2.18. The first kappa shape index (κ1) is 24.3. The van der Waals surface area contributed by atoms with Crippen molar-refractivity contribution >= 4 is 5.97 Å². The maximum absolute atomic E-state index is 15.2. The number of aryl methyl sites for hydroxylation is 2. The fourth-order valence-electron chi connectivity index (χ4n) is 3.50. The Morgan fingerprint density at radius 2 is 1.70 bits per heavy atom. The van der Waals surface area contributed by atoms with Crippen LogP contribution in [0.5, 0.6) is 5.75 Å². The molecule has 0 fully saturated rings. The SMILES string of the molecule is Cc1cc(CCc2c(F)ccc(OCC(=O)OC(C)C)c2F)c(F)c(-c2cccc(F)c2)c1. The van der Waals surface area contributed by atoms with E-state index in [0.29, 0.717) is 5.56 Å². The van der Waals surface area contributed by atoms with Gasteiger partial charge in [0, 0.05) is 11.1 Å². The molecule has 174 valence electrons. The molecule has 0 heterocycles. The van der Waals surface area contributed by atoms with Crippen molar-refractivity contribution in [1.29, 1.82) is 0 Å². The smallest absolute Gasteiger partial charge is 0.344 e. The zero-order chi connectivity index (χ0) is 24.1. The summed E-state index contributed by atoms with van der Waals surface area (Å²) >= 11 is 0. The van der Waals surface area contributed by atoms with Crippen molar-refractivity contribution in [3.63, 3.8) is 0 Å². The first-order chi connectivity index (χ1) is 15.7. The van der Waals surface area contributed by atoms with Crippen LogP contribution in [0.1, 0.15) is 30.5 Å². The second kappa shape index (κ2) is 10.5. The van der Waals surface area contributed by atoms with Crippen molar-refractivity contribution in [2.75, 3.05) is 6.61 Å². The van der Waals surface area contributed by atoms with E-state index in [2.05, 4.69) is 0 Å². The first-order valence-corrected chi connectivity index (χ1v) is 10.5. The number of esters is 1. The highest BCUT2D eigenvalue weighted by molar-refractivity contribution is 5.71. The van der Waals surface area contributed by atoms with Crippen LogP contribution < -0.4 is 4.74 Å². The fourth-order valence-corrected chi connectivity index (χ4v) is 3.50. The number of carbonyl (C=O) groups excluding carboxylic acids is 1. The molecule has 0 aliphatic heterocycles. The molecule has 0 saturated heterocycles. The van der Waals surface area contributed by atoms with Gasteiger partial charge in [-0.15, -0.1) is 0 Å². The van der Waals surface area contributed by atoms with E-state index in [4.69, 9.17) is 9.47 Å². The Bertz CT molecular complexity index is 1160. The molecule has 3 nitrogen and oxygen atoms in total. The van der Waals surface area contributed by atoms with E-state index >= 15 is 4.39 Å². The van der Waals surface area contributed by atoms with Gasteiger partial charge in [0.05, 0.1) is 6.10 Å². The lowest BCUT2D eigenvalue weighted by atomic mass is 9.95. The topological polar surface area (TPSA) is 35.5 Å². The van der Waals surface area contributed by atoms with Crippen LogP contribution in [0.4, 0.5) is 17.6 Å². The van der Waals surface area contributed by atoms with Crippen molar-refractivity contribution in [3.8, 4) is 16.9 Å². The summed E-state index contributed by atoms with van der Waals surface area (Å²) in [5, 5.41) is 0. The molecule has 0 radical (unpaired) electrons. The number of carbonyl (C=O) groups is 1. The molecule has 7 heteroatoms. The van der Waals surface area contributed by atoms with E-state index < -0.39 is 35.8 Å². The third-order valence-corrected chi connectivity index (χ3v) is 4.94. The average Bonchev–Trinajstić information content (AvgIpc) is 2.74. The summed E-state index contributed by atoms with van der Waals surface area (Å²) in [6.45, 7) is 4.57. The number of hydrogen-bond donors (Lipinski definition) is 0. The molecular formula is C26H24F4O3. The second-order valence-corrected chi connectivity index (χ2v) is 7.96. The molecule has 0 aliphatic rings. The Morgan fingerprint density at radius 3 is 2.39 bits per heavy atom. The molecular weight excluding hydrogens is 436 g/mol. The van der Waals surface area contributed by atoms with E-state index in [9.17, 15) is 18.0 Å². The second-order valence-electron chi connectivity index (χ2n) is 7.96. The van der Waals surface area contributed by atoms with Gasteiger partial charge < -0.3 is 9.47 Å². The van der Waals surface area contributed by atoms with Crippen molar-refractivity contribution in [3.05, 3.63) is 88.5 Å². The predicted molar refractivity (Wildman–Crippen MR) is 117 cm³/mol. The van der Waals surface area contributed by atoms with Crippen LogP contribution in [0.2, 0.25) is 0 Å². The van der Waals surface area contributed by atoms with E-state index in [1.165, 1.54) is 18.2 Å². The summed E-state index contributed by atoms with van der Waals surface area (Å²) in [4.78, 5) is 11.6. The van der Waals surface area contributed by atoms with Gasteiger partial charge in [0.25, 0.3) is 0 Å². The van der Waals surface area contributed by atoms with Crippen molar-refractivity contribution in [2.45, 2.75) is 39.7 Å². The lowest BCUT2D eigenvalue weighted by Crippen LogP contribution is -2.19. The van der Waals surface area contributed by atoms with Gasteiger partial charge in [-0.1, -0.05) is 23.8 Å². The van der Waals surface area contributed by atoms with Crippen LogP contribution in [0.25, 0.3) is 11.1 Å². The zero-order valence-corrected chi connectivity index (χ0v) is 18.6. The molecule has 0 aliphatic carbocycles. The van der Waals surface area contributed by atoms with Gasteiger partial charge in [0.15, 0.2) is 18.2 Å². The minimum absolute atomic E-state index is 0.00249. The Labute approximate surface area is 190 Å². The Hall–Kier alpha value is -3.35. The van der Waals surface area contributed by atoms with E-state index in [1.807, 2.05) is 0 Å². The third kappa shape index (κ3) is 6.12. The molecule has 33 heavy (non-hydrogen) atoms. The van der Waals surface area contributed by atoms with Crippen LogP contribution in [-0.2, 0) is 22.4 Å². The molecule has 3 aromatic carbocycles. The van der Waals surface area contributed by atoms with Crippen molar-refractivity contribution in [1.82, 2.24) is 0 Å². The summed E-state index contributed by atoms with van der Waals surface area (Å²) in [5.41, 5.74) is 1.29. The Kier molecular flexibility index (Phi) is 7.74. The standard InChI is InChI=1S/C26H24F4O3/c1-15(2)33-24(31)14-32-23-10-9-22(28)20(26(23)30)8-7-18-11-16(3)12-21(25(18)29)17-5-4-6-19(27)13-17/h4-6,9-13,15H,7-8,14H2,1-3H3. The summed E-state index contributed by atoms with van der Waals surface area (Å²) in [6.07, 6.45) is -0.493. The summed E-state index contributed by atoms with van der Waals surface area (Å²) in [7, 11) is 0. The molecule has 0 spiro atoms. The van der Waals surface area contributed by atoms with Gasteiger partial charge >= 0.3 is 5.97 Å². The van der Waals surface area contributed by atoms with Gasteiger partial charge in [-0.05, 0) is 75.1 Å². The fraction of sp³-hybridized carbons (Fsp3) is 0.269. The zero-order valence-electron chi connectivity index (χ0n) is 18.6. The monoisotopic (exact) mass is 460 g/mol. The number of benzene rings is 3. The van der Waals surface area contributed by atoms with Crippen LogP contribution >= 0.6 is 0 Å². The molecule has 3 rings (SSSR count). The van der Waals surface area contributed by atoms with E-state index in [-0.39, 0.29) is 41.4 Å². The van der Waals surface area contributed by atoms with Gasteiger partial charge in [-0.2, -0.15) is 0 Å². The van der Waals surface area contributed by atoms with Crippen LogP contribution in [-0.4, -0.2) is 18.7 Å². The minimum atomic E-state index is -0.953. The van der Waals surface area contributed by atoms with Gasteiger partial charge in [-0.3, -0.25) is 0 Å². The first-order valence-electron chi connectivity index (χ1n) is 10.5. The molecule has 0 aromatic heterocycles. The normalized spacial score (nSPS) is 11.0. The lowest BCUT2D eigenvalue weighted by molar-refractivity contribution is -0.149. The molecule has 0 bridgehead atoms. The van der Waals surface area contributed by atoms with Crippen molar-refractivity contribution in [2.24, 2.45) is 0 Å². The van der Waals surface area contributed by atoms with Gasteiger partial charge in [0.1, 0.15) is 17.5 Å². The van der Waals surface area contributed by atoms with Crippen molar-refractivity contribution < 1.29 is 31.8 Å². The number of rotatable bonds is 8. The Balaban J connectivity index is 1.82. The summed E-state index contributed by atoms with van der Waals surface area (Å²) in [5.74, 6) is -3.79. The maximum atomic E-state index is 15.2. The van der Waals surface area contributed by atoms with Crippen LogP contribution in [0, 0.1) is 30.2 Å². The highest BCUT2D eigenvalue weighted by atomic mass is 19.1. The lowest BCUT2D eigenvalue weighted by Gasteiger charge is -2.14. The van der Waals surface area contributed by atoms with Gasteiger partial charge in [-0.25, -0.2) is 22.4 Å². The maximum Gasteiger partial charge on any atom is 0.344 e. The predicted octanol–water partition coefficient (Wildman–Crippen LogP) is 6.33. The largest absolute Gasteiger partial charge is 0.479 e. The summed E-state index contributed by atoms with van der Waals surface area (Å²) < 4.78 is 68.1. The summed E-state index contributed by atoms with van der Waals surface area (Å²) in [6, 6.07) is 10.9. The number of halogens is 4. The van der Waals surface area contributed by atoms with Crippen LogP contribution in [0.15, 0.2) is 48.5 Å². The number of hydrogen-bond acceptors (Lipinski definition) is 3. The Morgan fingerprint density at radius 1 is 0.939 bits per heavy atom. The quantitative estimate of drug-likeness (QED) is 0.291. The molecule has 3 aromatic rings. The van der Waals surface area contributed by atoms with Crippen LogP contribution in [0.3, 0.4) is 0 Å². The van der Waals surface area contributed by atoms with E-state index in [0.717, 1.165) is 17.7 Å². The molecule has 0 saturated carbocycles. The molecule has 0 amide bonds. The third-order valence-electron chi connectivity index (χ3n) is 4.94. The average molecular weight is 460 g/mol. The molecule has 0 unspecified atom stereocenters. The number of ether oxygens (including phenoxy) is 2. The highest BCUT2D eigenvalue weighted by Crippen LogP contribution is 2.29. The minimum Gasteiger partial charge on any atom is -0.479 e. The van der Waals surface area contributed by atoms with E-state index in [1.54, 1.807) is 39.0 Å².